The fourth-order valence-corrected chi connectivity index (χ4v) is 2.17. The van der Waals surface area contributed by atoms with Crippen LogP contribution in [0, 0.1) is 5.92 Å². The number of carboxylic acid groups (broad SMARTS) is 1. The Morgan fingerprint density at radius 3 is 3.00 bits per heavy atom. The molecule has 2 atom stereocenters. The molecule has 1 aliphatic carbocycles. The van der Waals surface area contributed by atoms with E-state index in [0.29, 0.717) is 17.9 Å². The van der Waals surface area contributed by atoms with Crippen molar-refractivity contribution in [2.45, 2.75) is 12.3 Å². The second-order valence-electron chi connectivity index (χ2n) is 4.38. The summed E-state index contributed by atoms with van der Waals surface area (Å²) in [4.78, 5) is 22.0. The van der Waals surface area contributed by atoms with Gasteiger partial charge in [-0.1, -0.05) is 6.07 Å². The number of nitrogens with one attached hydrogen (secondary N) is 1. The van der Waals surface area contributed by atoms with E-state index >= 15 is 0 Å². The molecule has 2 N–H and O–H groups in total. The van der Waals surface area contributed by atoms with Crippen LogP contribution in [0.3, 0.4) is 0 Å². The Kier molecular flexibility index (Phi) is 2.07. The molecule has 1 aromatic rings. The summed E-state index contributed by atoms with van der Waals surface area (Å²) in [5.41, 5.74) is 1.58. The number of benzene rings is 1. The molecule has 1 fully saturated rings. The maximum Gasteiger partial charge on any atom is 0.307 e. The van der Waals surface area contributed by atoms with E-state index in [1.54, 1.807) is 12.1 Å². The molecule has 1 amide bonds. The van der Waals surface area contributed by atoms with Gasteiger partial charge in [0.05, 0.1) is 11.6 Å². The van der Waals surface area contributed by atoms with Crippen LogP contribution in [0.25, 0.3) is 0 Å². The van der Waals surface area contributed by atoms with Crippen LogP contribution in [0.2, 0.25) is 0 Å². The van der Waals surface area contributed by atoms with Crippen LogP contribution in [0.15, 0.2) is 18.2 Å². The lowest BCUT2D eigenvalue weighted by Gasteiger charge is -2.18. The van der Waals surface area contributed by atoms with Crippen molar-refractivity contribution in [1.82, 2.24) is 0 Å². The van der Waals surface area contributed by atoms with Gasteiger partial charge in [-0.3, -0.25) is 9.59 Å². The van der Waals surface area contributed by atoms with Crippen LogP contribution < -0.4 is 10.1 Å². The first-order valence-corrected chi connectivity index (χ1v) is 5.44. The number of ether oxygens (including phenoxy) is 1. The smallest absolute Gasteiger partial charge is 0.307 e. The predicted octanol–water partition coefficient (Wildman–Crippen LogP) is 1.21. The highest BCUT2D eigenvalue weighted by atomic mass is 16.5. The van der Waals surface area contributed by atoms with Gasteiger partial charge in [-0.15, -0.1) is 0 Å². The minimum atomic E-state index is -0.756. The first-order valence-electron chi connectivity index (χ1n) is 5.44. The zero-order valence-electron chi connectivity index (χ0n) is 8.97. The Balaban J connectivity index is 1.86. The number of aliphatic carboxylic acids is 1. The molecular formula is C12H11NO4. The minimum absolute atomic E-state index is 0.0352. The summed E-state index contributed by atoms with van der Waals surface area (Å²) in [6.45, 7) is 0.0352. The summed E-state index contributed by atoms with van der Waals surface area (Å²) < 4.78 is 5.24. The van der Waals surface area contributed by atoms with Gasteiger partial charge < -0.3 is 15.2 Å². The molecule has 1 heterocycles. The maximum absolute atomic E-state index is 11.2. The SMILES string of the molecule is O=C1COc2ccc(C3CC3C(=O)O)cc2N1. The fraction of sp³-hybridized carbons (Fsp3) is 0.333. The maximum atomic E-state index is 11.2. The molecule has 2 aliphatic rings. The molecule has 5 nitrogen and oxygen atoms in total. The number of hydrogen-bond acceptors (Lipinski definition) is 3. The monoisotopic (exact) mass is 233 g/mol. The molecular weight excluding hydrogens is 222 g/mol. The Labute approximate surface area is 97.4 Å². The molecule has 0 saturated heterocycles. The Morgan fingerprint density at radius 1 is 1.47 bits per heavy atom. The Hall–Kier alpha value is -2.04. The molecule has 5 heteroatoms. The van der Waals surface area contributed by atoms with Crippen LogP contribution in [0.1, 0.15) is 17.9 Å². The lowest BCUT2D eigenvalue weighted by molar-refractivity contribution is -0.138. The van der Waals surface area contributed by atoms with Crippen LogP contribution in [-0.2, 0) is 9.59 Å². The van der Waals surface area contributed by atoms with Crippen molar-refractivity contribution in [2.75, 3.05) is 11.9 Å². The standard InChI is InChI=1S/C12H11NO4/c14-11-5-17-10-2-1-6(3-9(10)13-11)7-4-8(7)12(15)16/h1-3,7-8H,4-5H2,(H,13,14)(H,15,16). The van der Waals surface area contributed by atoms with Gasteiger partial charge in [0.15, 0.2) is 6.61 Å². The van der Waals surface area contributed by atoms with E-state index in [4.69, 9.17) is 9.84 Å². The Bertz CT molecular complexity index is 511. The van der Waals surface area contributed by atoms with Gasteiger partial charge in [0.2, 0.25) is 0 Å². The van der Waals surface area contributed by atoms with Gasteiger partial charge in [0.25, 0.3) is 5.91 Å². The van der Waals surface area contributed by atoms with E-state index in [0.717, 1.165) is 5.56 Å². The van der Waals surface area contributed by atoms with Crippen molar-refractivity contribution < 1.29 is 19.4 Å². The van der Waals surface area contributed by atoms with E-state index in [1.165, 1.54) is 0 Å². The first-order chi connectivity index (χ1) is 8.15. The highest BCUT2D eigenvalue weighted by Gasteiger charge is 2.44. The van der Waals surface area contributed by atoms with Crippen LogP contribution in [0.5, 0.6) is 5.75 Å². The van der Waals surface area contributed by atoms with Gasteiger partial charge in [-0.2, -0.15) is 0 Å². The lowest BCUT2D eigenvalue weighted by atomic mass is 10.1. The molecule has 3 rings (SSSR count). The molecule has 0 bridgehead atoms. The van der Waals surface area contributed by atoms with Gasteiger partial charge in [0.1, 0.15) is 5.75 Å². The second kappa shape index (κ2) is 3.48. The largest absolute Gasteiger partial charge is 0.482 e. The van der Waals surface area contributed by atoms with Crippen molar-refractivity contribution in [3.05, 3.63) is 23.8 Å². The quantitative estimate of drug-likeness (QED) is 0.804. The van der Waals surface area contributed by atoms with E-state index in [9.17, 15) is 9.59 Å². The highest BCUT2D eigenvalue weighted by Crippen LogP contribution is 2.48. The molecule has 17 heavy (non-hydrogen) atoms. The molecule has 1 saturated carbocycles. The van der Waals surface area contributed by atoms with Crippen molar-refractivity contribution in [3.8, 4) is 5.75 Å². The molecule has 1 aromatic carbocycles. The number of rotatable bonds is 2. The topological polar surface area (TPSA) is 75.6 Å². The highest BCUT2D eigenvalue weighted by molar-refractivity contribution is 5.95. The molecule has 88 valence electrons. The average Bonchev–Trinajstić information content (AvgIpc) is 3.08. The number of hydrogen-bond donors (Lipinski definition) is 2. The summed E-state index contributed by atoms with van der Waals surface area (Å²) in [6.07, 6.45) is 0.670. The lowest BCUT2D eigenvalue weighted by Crippen LogP contribution is -2.25. The van der Waals surface area contributed by atoms with E-state index in [2.05, 4.69) is 5.32 Å². The molecule has 0 aromatic heterocycles. The third-order valence-electron chi connectivity index (χ3n) is 3.17. The van der Waals surface area contributed by atoms with E-state index < -0.39 is 5.97 Å². The van der Waals surface area contributed by atoms with Crippen molar-refractivity contribution in [1.29, 1.82) is 0 Å². The van der Waals surface area contributed by atoms with Crippen LogP contribution in [-0.4, -0.2) is 23.6 Å². The second-order valence-corrected chi connectivity index (χ2v) is 4.38. The number of fused-ring (bicyclic) bond motifs is 1. The summed E-state index contributed by atoms with van der Waals surface area (Å²) in [7, 11) is 0. The molecule has 0 radical (unpaired) electrons. The minimum Gasteiger partial charge on any atom is -0.482 e. The number of anilines is 1. The third kappa shape index (κ3) is 1.73. The van der Waals surface area contributed by atoms with Gasteiger partial charge >= 0.3 is 5.97 Å². The summed E-state index contributed by atoms with van der Waals surface area (Å²) in [5.74, 6) is -0.515. The molecule has 2 unspecified atom stereocenters. The van der Waals surface area contributed by atoms with Gasteiger partial charge in [0, 0.05) is 0 Å². The number of carboxylic acids is 1. The molecule has 0 spiro atoms. The fourth-order valence-electron chi connectivity index (χ4n) is 2.17. The van der Waals surface area contributed by atoms with Gasteiger partial charge in [-0.25, -0.2) is 0 Å². The zero-order chi connectivity index (χ0) is 12.0. The molecule has 1 aliphatic heterocycles. The summed E-state index contributed by atoms with van der Waals surface area (Å²) in [6, 6.07) is 5.45. The third-order valence-corrected chi connectivity index (χ3v) is 3.17. The summed E-state index contributed by atoms with van der Waals surface area (Å²) in [5, 5.41) is 11.6. The van der Waals surface area contributed by atoms with Crippen molar-refractivity contribution in [2.24, 2.45) is 5.92 Å². The van der Waals surface area contributed by atoms with Crippen LogP contribution in [0.4, 0.5) is 5.69 Å². The van der Waals surface area contributed by atoms with Crippen LogP contribution >= 0.6 is 0 Å². The van der Waals surface area contributed by atoms with E-state index in [1.807, 2.05) is 6.07 Å². The number of carbonyl (C=O) groups is 2. The van der Waals surface area contributed by atoms with Crippen molar-refractivity contribution in [3.63, 3.8) is 0 Å². The average molecular weight is 233 g/mol. The first kappa shape index (κ1) is 10.1. The normalized spacial score (nSPS) is 25.5. The summed E-state index contributed by atoms with van der Waals surface area (Å²) >= 11 is 0. The number of carbonyl (C=O) groups excluding carboxylic acids is 1. The van der Waals surface area contributed by atoms with Crippen molar-refractivity contribution >= 4 is 17.6 Å². The van der Waals surface area contributed by atoms with Gasteiger partial charge in [-0.05, 0) is 30.0 Å². The van der Waals surface area contributed by atoms with E-state index in [-0.39, 0.29) is 24.3 Å². The Morgan fingerprint density at radius 2 is 2.29 bits per heavy atom. The zero-order valence-corrected chi connectivity index (χ0v) is 8.97. The predicted molar refractivity (Wildman–Crippen MR) is 59.1 cm³/mol. The number of amides is 1.